The number of nitriles is 1. The van der Waals surface area contributed by atoms with Crippen molar-refractivity contribution in [2.24, 2.45) is 7.05 Å². The quantitative estimate of drug-likeness (QED) is 0.841. The number of benzene rings is 1. The Labute approximate surface area is 104 Å². The molecule has 1 heterocycles. The first kappa shape index (κ1) is 11.5. The zero-order valence-corrected chi connectivity index (χ0v) is 10.3. The largest absolute Gasteiger partial charge is 0.383 e. The summed E-state index contributed by atoms with van der Waals surface area (Å²) in [5.74, 6) is 0.346. The second-order valence-corrected chi connectivity index (χ2v) is 4.23. The molecule has 0 aliphatic rings. The molecule has 2 aromatic rings. The van der Waals surface area contributed by atoms with Gasteiger partial charge in [0.05, 0.1) is 5.02 Å². The zero-order valence-electron chi connectivity index (χ0n) is 9.53. The fourth-order valence-corrected chi connectivity index (χ4v) is 1.97. The highest BCUT2D eigenvalue weighted by Gasteiger charge is 2.17. The molecule has 4 nitrogen and oxygen atoms in total. The fraction of sp³-hybridized carbons (Fsp3) is 0.167. The second-order valence-electron chi connectivity index (χ2n) is 3.83. The van der Waals surface area contributed by atoms with Crippen LogP contribution in [0.15, 0.2) is 18.2 Å². The Hall–Kier alpha value is -1.99. The van der Waals surface area contributed by atoms with Gasteiger partial charge in [-0.25, -0.2) is 0 Å². The molecule has 2 N–H and O–H groups in total. The van der Waals surface area contributed by atoms with Crippen LogP contribution >= 0.6 is 11.6 Å². The Morgan fingerprint density at radius 3 is 2.76 bits per heavy atom. The van der Waals surface area contributed by atoms with Gasteiger partial charge in [0, 0.05) is 12.6 Å². The number of aromatic nitrogens is 2. The highest BCUT2D eigenvalue weighted by molar-refractivity contribution is 6.33. The number of hydrogen-bond donors (Lipinski definition) is 1. The molecular formula is C12H11ClN4. The van der Waals surface area contributed by atoms with Crippen LogP contribution in [0.3, 0.4) is 0 Å². The summed E-state index contributed by atoms with van der Waals surface area (Å²) in [6.45, 7) is 1.95. The van der Waals surface area contributed by atoms with Crippen LogP contribution in [0.25, 0.3) is 11.3 Å². The van der Waals surface area contributed by atoms with Gasteiger partial charge in [-0.05, 0) is 18.6 Å². The van der Waals surface area contributed by atoms with Crippen LogP contribution in [-0.4, -0.2) is 9.78 Å². The van der Waals surface area contributed by atoms with Crippen molar-refractivity contribution >= 4 is 17.4 Å². The summed E-state index contributed by atoms with van der Waals surface area (Å²) in [6.07, 6.45) is 0. The van der Waals surface area contributed by atoms with Crippen LogP contribution in [0.5, 0.6) is 0 Å². The molecule has 2 rings (SSSR count). The Balaban J connectivity index is 2.69. The molecule has 0 aliphatic heterocycles. The lowest BCUT2D eigenvalue weighted by atomic mass is 10.1. The summed E-state index contributed by atoms with van der Waals surface area (Å²) in [4.78, 5) is 0. The van der Waals surface area contributed by atoms with Crippen LogP contribution in [0.2, 0.25) is 5.02 Å². The van der Waals surface area contributed by atoms with Crippen molar-refractivity contribution in [3.05, 3.63) is 34.3 Å². The average molecular weight is 247 g/mol. The molecule has 0 atom stereocenters. The van der Waals surface area contributed by atoms with Crippen LogP contribution in [0, 0.1) is 18.3 Å². The van der Waals surface area contributed by atoms with E-state index in [4.69, 9.17) is 22.6 Å². The maximum atomic E-state index is 9.09. The van der Waals surface area contributed by atoms with Crippen LogP contribution in [0.4, 0.5) is 5.82 Å². The van der Waals surface area contributed by atoms with Gasteiger partial charge < -0.3 is 5.73 Å². The van der Waals surface area contributed by atoms with E-state index in [-0.39, 0.29) is 0 Å². The summed E-state index contributed by atoms with van der Waals surface area (Å²) >= 11 is 6.16. The SMILES string of the molecule is Cc1ccc(-c2nn(C)c(N)c2C#N)c(Cl)c1. The highest BCUT2D eigenvalue weighted by Crippen LogP contribution is 2.32. The van der Waals surface area contributed by atoms with E-state index in [2.05, 4.69) is 11.2 Å². The number of nitrogens with two attached hydrogens (primary N) is 1. The summed E-state index contributed by atoms with van der Waals surface area (Å²) in [5, 5.41) is 13.9. The molecule has 0 aliphatic carbocycles. The van der Waals surface area contributed by atoms with E-state index < -0.39 is 0 Å². The monoisotopic (exact) mass is 246 g/mol. The van der Waals surface area contributed by atoms with Crippen LogP contribution in [0.1, 0.15) is 11.1 Å². The smallest absolute Gasteiger partial charge is 0.140 e. The van der Waals surface area contributed by atoms with Crippen molar-refractivity contribution in [1.29, 1.82) is 5.26 Å². The number of nitrogen functional groups attached to an aromatic ring is 1. The number of rotatable bonds is 1. The summed E-state index contributed by atoms with van der Waals surface area (Å²) in [6, 6.07) is 7.67. The second kappa shape index (κ2) is 4.11. The standard InChI is InChI=1S/C12H11ClN4/c1-7-3-4-8(10(13)5-7)11-9(6-14)12(15)17(2)16-11/h3-5H,15H2,1-2H3. The fourth-order valence-electron chi connectivity index (χ4n) is 1.65. The molecule has 1 aromatic heterocycles. The third-order valence-corrected chi connectivity index (χ3v) is 2.90. The van der Waals surface area contributed by atoms with E-state index in [1.165, 1.54) is 4.68 Å². The molecule has 0 saturated carbocycles. The molecule has 0 spiro atoms. The van der Waals surface area contributed by atoms with Gasteiger partial charge in [0.15, 0.2) is 0 Å². The van der Waals surface area contributed by atoms with Gasteiger partial charge in [0.25, 0.3) is 0 Å². The minimum atomic E-state index is 0.346. The van der Waals surface area contributed by atoms with Crippen LogP contribution in [-0.2, 0) is 7.05 Å². The minimum absolute atomic E-state index is 0.346. The first-order valence-corrected chi connectivity index (χ1v) is 5.41. The van der Waals surface area contributed by atoms with Crippen molar-refractivity contribution in [2.45, 2.75) is 6.92 Å². The number of hydrogen-bond acceptors (Lipinski definition) is 3. The van der Waals surface area contributed by atoms with Gasteiger partial charge in [-0.15, -0.1) is 0 Å². The molecule has 0 radical (unpaired) electrons. The lowest BCUT2D eigenvalue weighted by Crippen LogP contribution is -1.97. The third kappa shape index (κ3) is 1.85. The Kier molecular flexibility index (Phi) is 2.78. The predicted molar refractivity (Wildman–Crippen MR) is 67.5 cm³/mol. The number of aryl methyl sites for hydroxylation is 2. The molecule has 17 heavy (non-hydrogen) atoms. The lowest BCUT2D eigenvalue weighted by Gasteiger charge is -2.02. The summed E-state index contributed by atoms with van der Waals surface area (Å²) in [5.41, 5.74) is 8.43. The zero-order chi connectivity index (χ0) is 12.6. The van der Waals surface area contributed by atoms with Gasteiger partial charge in [-0.3, -0.25) is 4.68 Å². The van der Waals surface area contributed by atoms with E-state index in [1.54, 1.807) is 7.05 Å². The van der Waals surface area contributed by atoms with Crippen molar-refractivity contribution in [3.8, 4) is 17.3 Å². The lowest BCUT2D eigenvalue weighted by molar-refractivity contribution is 0.782. The molecule has 0 unspecified atom stereocenters. The molecule has 0 bridgehead atoms. The molecule has 0 amide bonds. The molecular weight excluding hydrogens is 236 g/mol. The Morgan fingerprint density at radius 1 is 1.47 bits per heavy atom. The molecule has 86 valence electrons. The van der Waals surface area contributed by atoms with Gasteiger partial charge in [0.1, 0.15) is 23.1 Å². The van der Waals surface area contributed by atoms with E-state index in [0.717, 1.165) is 11.1 Å². The Morgan fingerprint density at radius 2 is 2.18 bits per heavy atom. The topological polar surface area (TPSA) is 67.6 Å². The van der Waals surface area contributed by atoms with Gasteiger partial charge >= 0.3 is 0 Å². The predicted octanol–water partition coefficient (Wildman–Crippen LogP) is 2.50. The number of anilines is 1. The average Bonchev–Trinajstić information content (AvgIpc) is 2.55. The van der Waals surface area contributed by atoms with Gasteiger partial charge in [-0.1, -0.05) is 23.7 Å². The number of halogens is 1. The molecule has 1 aromatic carbocycles. The van der Waals surface area contributed by atoms with Gasteiger partial charge in [0.2, 0.25) is 0 Å². The molecule has 5 heteroatoms. The minimum Gasteiger partial charge on any atom is -0.383 e. The maximum absolute atomic E-state index is 9.09. The highest BCUT2D eigenvalue weighted by atomic mass is 35.5. The van der Waals surface area contributed by atoms with E-state index >= 15 is 0 Å². The van der Waals surface area contributed by atoms with E-state index in [9.17, 15) is 0 Å². The molecule has 0 fully saturated rings. The number of nitrogens with zero attached hydrogens (tertiary/aromatic N) is 3. The van der Waals surface area contributed by atoms with Crippen molar-refractivity contribution in [2.75, 3.05) is 5.73 Å². The first-order chi connectivity index (χ1) is 8.04. The normalized spacial score (nSPS) is 10.2. The van der Waals surface area contributed by atoms with Gasteiger partial charge in [-0.2, -0.15) is 10.4 Å². The maximum Gasteiger partial charge on any atom is 0.140 e. The van der Waals surface area contributed by atoms with Crippen LogP contribution < -0.4 is 5.73 Å². The molecule has 0 saturated heterocycles. The summed E-state index contributed by atoms with van der Waals surface area (Å²) in [7, 11) is 1.70. The van der Waals surface area contributed by atoms with Crippen molar-refractivity contribution in [3.63, 3.8) is 0 Å². The first-order valence-electron chi connectivity index (χ1n) is 5.03. The third-order valence-electron chi connectivity index (χ3n) is 2.58. The van der Waals surface area contributed by atoms with Crippen molar-refractivity contribution < 1.29 is 0 Å². The van der Waals surface area contributed by atoms with Crippen molar-refractivity contribution in [1.82, 2.24) is 9.78 Å². The van der Waals surface area contributed by atoms with E-state index in [0.29, 0.717) is 22.1 Å². The van der Waals surface area contributed by atoms with E-state index in [1.807, 2.05) is 25.1 Å². The summed E-state index contributed by atoms with van der Waals surface area (Å²) < 4.78 is 1.48. The Bertz CT molecular complexity index is 622.